The molecular weight excluding hydrogens is 383 g/mol. The summed E-state index contributed by atoms with van der Waals surface area (Å²) in [5.74, 6) is 0.536. The van der Waals surface area contributed by atoms with Crippen molar-refractivity contribution < 1.29 is 9.34 Å². The summed E-state index contributed by atoms with van der Waals surface area (Å²) in [5, 5.41) is 10.7. The van der Waals surface area contributed by atoms with Gasteiger partial charge < -0.3 is 4.42 Å². The molecule has 0 atom stereocenters. The molecule has 21 heavy (non-hydrogen) atoms. The normalized spacial score (nSPS) is 10.5. The largest absolute Gasteiger partial charge is 0.430 e. The predicted molar refractivity (Wildman–Crippen MR) is 86.7 cm³/mol. The number of hydrogen-bond acceptors (Lipinski definition) is 4. The summed E-state index contributed by atoms with van der Waals surface area (Å²) in [5.41, 5.74) is 2.42. The van der Waals surface area contributed by atoms with E-state index in [1.807, 2.05) is 30.3 Å². The van der Waals surface area contributed by atoms with Gasteiger partial charge in [-0.25, -0.2) is 4.98 Å². The fraction of sp³-hybridized carbons (Fsp3) is 0. The molecule has 0 spiro atoms. The third kappa shape index (κ3) is 2.80. The molecule has 104 valence electrons. The van der Waals surface area contributed by atoms with Crippen LogP contribution < -0.4 is 0 Å². The topological polar surface area (TPSA) is 69.2 Å². The second-order valence-electron chi connectivity index (χ2n) is 4.31. The Morgan fingerprint density at radius 3 is 2.29 bits per heavy atom. The molecule has 0 fully saturated rings. The first-order valence-corrected chi connectivity index (χ1v) is 7.19. The Morgan fingerprint density at radius 1 is 1.00 bits per heavy atom. The zero-order chi connectivity index (χ0) is 14.8. The minimum atomic E-state index is -0.424. The minimum absolute atomic E-state index is 0.0561. The molecule has 1 aromatic heterocycles. The standard InChI is InChI=1S/C15H9IN2O3/c16-14-13(10-6-8-12(9-7-10)18(19)20)17-15(21-14)11-4-2-1-3-5-11/h1-9H. The van der Waals surface area contributed by atoms with Crippen molar-refractivity contribution in [3.8, 4) is 22.7 Å². The maximum Gasteiger partial charge on any atom is 0.269 e. The van der Waals surface area contributed by atoms with Crippen molar-refractivity contribution in [2.24, 2.45) is 0 Å². The average molecular weight is 392 g/mol. The van der Waals surface area contributed by atoms with E-state index in [1.165, 1.54) is 12.1 Å². The van der Waals surface area contributed by atoms with Gasteiger partial charge in [-0.2, -0.15) is 0 Å². The van der Waals surface area contributed by atoms with E-state index in [9.17, 15) is 10.1 Å². The van der Waals surface area contributed by atoms with Crippen LogP contribution in [0, 0.1) is 13.9 Å². The van der Waals surface area contributed by atoms with Crippen molar-refractivity contribution in [1.82, 2.24) is 4.98 Å². The number of nitro groups is 1. The Labute approximate surface area is 133 Å². The first kappa shape index (κ1) is 13.7. The molecule has 2 aromatic carbocycles. The van der Waals surface area contributed by atoms with Crippen molar-refractivity contribution in [3.05, 3.63) is 68.5 Å². The lowest BCUT2D eigenvalue weighted by Gasteiger charge is -1.96. The van der Waals surface area contributed by atoms with Gasteiger partial charge in [0.1, 0.15) is 5.69 Å². The Hall–Kier alpha value is -2.22. The number of hydrogen-bond donors (Lipinski definition) is 0. The quantitative estimate of drug-likeness (QED) is 0.373. The van der Waals surface area contributed by atoms with Gasteiger partial charge in [0.15, 0.2) is 3.77 Å². The average Bonchev–Trinajstić information content (AvgIpc) is 2.90. The van der Waals surface area contributed by atoms with Crippen LogP contribution in [-0.2, 0) is 0 Å². The van der Waals surface area contributed by atoms with E-state index >= 15 is 0 Å². The molecule has 3 aromatic rings. The van der Waals surface area contributed by atoms with Crippen LogP contribution in [0.4, 0.5) is 5.69 Å². The molecule has 0 saturated carbocycles. The lowest BCUT2D eigenvalue weighted by atomic mass is 10.1. The van der Waals surface area contributed by atoms with Crippen LogP contribution in [0.1, 0.15) is 0 Å². The number of nitrogens with zero attached hydrogens (tertiary/aromatic N) is 2. The summed E-state index contributed by atoms with van der Waals surface area (Å²) >= 11 is 2.07. The van der Waals surface area contributed by atoms with Gasteiger partial charge >= 0.3 is 0 Å². The molecule has 0 N–H and O–H groups in total. The van der Waals surface area contributed by atoms with Gasteiger partial charge in [0.25, 0.3) is 5.69 Å². The molecule has 0 bridgehead atoms. The van der Waals surface area contributed by atoms with Gasteiger partial charge in [-0.1, -0.05) is 18.2 Å². The van der Waals surface area contributed by atoms with Gasteiger partial charge in [0, 0.05) is 45.9 Å². The number of oxazole rings is 1. The summed E-state index contributed by atoms with van der Waals surface area (Å²) in [6.45, 7) is 0. The highest BCUT2D eigenvalue weighted by Crippen LogP contribution is 2.30. The van der Waals surface area contributed by atoms with Gasteiger partial charge in [-0.05, 0) is 24.3 Å². The van der Waals surface area contributed by atoms with E-state index < -0.39 is 4.92 Å². The van der Waals surface area contributed by atoms with Crippen LogP contribution in [-0.4, -0.2) is 9.91 Å². The van der Waals surface area contributed by atoms with E-state index in [4.69, 9.17) is 4.42 Å². The molecule has 0 aliphatic rings. The Kier molecular flexibility index (Phi) is 3.70. The van der Waals surface area contributed by atoms with Crippen LogP contribution in [0.2, 0.25) is 0 Å². The van der Waals surface area contributed by atoms with Gasteiger partial charge in [0.2, 0.25) is 5.89 Å². The molecule has 0 unspecified atom stereocenters. The summed E-state index contributed by atoms with van der Waals surface area (Å²) in [6, 6.07) is 15.9. The van der Waals surface area contributed by atoms with E-state index in [2.05, 4.69) is 27.6 Å². The summed E-state index contributed by atoms with van der Waals surface area (Å²) < 4.78 is 6.33. The summed E-state index contributed by atoms with van der Waals surface area (Å²) in [6.07, 6.45) is 0. The molecule has 3 rings (SSSR count). The zero-order valence-electron chi connectivity index (χ0n) is 10.7. The fourth-order valence-electron chi connectivity index (χ4n) is 1.92. The fourth-order valence-corrected chi connectivity index (χ4v) is 2.57. The maximum atomic E-state index is 10.7. The molecule has 6 heteroatoms. The van der Waals surface area contributed by atoms with E-state index in [0.717, 1.165) is 11.1 Å². The van der Waals surface area contributed by atoms with Crippen molar-refractivity contribution in [1.29, 1.82) is 0 Å². The number of aromatic nitrogens is 1. The Bertz CT molecular complexity index is 782. The molecule has 0 saturated heterocycles. The lowest BCUT2D eigenvalue weighted by molar-refractivity contribution is -0.384. The van der Waals surface area contributed by atoms with Crippen molar-refractivity contribution in [2.45, 2.75) is 0 Å². The second kappa shape index (κ2) is 5.65. The first-order valence-electron chi connectivity index (χ1n) is 6.12. The van der Waals surface area contributed by atoms with E-state index in [0.29, 0.717) is 15.4 Å². The number of rotatable bonds is 3. The van der Waals surface area contributed by atoms with Crippen LogP contribution in [0.5, 0.6) is 0 Å². The predicted octanol–water partition coefficient (Wildman–Crippen LogP) is 4.52. The maximum absolute atomic E-state index is 10.7. The minimum Gasteiger partial charge on any atom is -0.430 e. The van der Waals surface area contributed by atoms with Crippen LogP contribution >= 0.6 is 22.6 Å². The molecule has 0 aliphatic heterocycles. The molecular formula is C15H9IN2O3. The number of nitro benzene ring substituents is 1. The molecule has 1 heterocycles. The Balaban J connectivity index is 2.00. The van der Waals surface area contributed by atoms with Gasteiger partial charge in [-0.15, -0.1) is 0 Å². The number of benzene rings is 2. The monoisotopic (exact) mass is 392 g/mol. The van der Waals surface area contributed by atoms with Crippen molar-refractivity contribution in [2.75, 3.05) is 0 Å². The van der Waals surface area contributed by atoms with Crippen LogP contribution in [0.3, 0.4) is 0 Å². The first-order chi connectivity index (χ1) is 10.1. The van der Waals surface area contributed by atoms with Gasteiger partial charge in [0.05, 0.1) is 4.92 Å². The second-order valence-corrected chi connectivity index (χ2v) is 5.29. The lowest BCUT2D eigenvalue weighted by Crippen LogP contribution is -1.87. The highest BCUT2D eigenvalue weighted by molar-refractivity contribution is 14.1. The third-order valence-electron chi connectivity index (χ3n) is 2.96. The van der Waals surface area contributed by atoms with Crippen LogP contribution in [0.15, 0.2) is 59.0 Å². The highest BCUT2D eigenvalue weighted by atomic mass is 127. The third-order valence-corrected chi connectivity index (χ3v) is 3.69. The van der Waals surface area contributed by atoms with Crippen molar-refractivity contribution in [3.63, 3.8) is 0 Å². The molecule has 0 amide bonds. The number of halogens is 1. The highest BCUT2D eigenvalue weighted by Gasteiger charge is 2.15. The molecule has 0 radical (unpaired) electrons. The summed E-state index contributed by atoms with van der Waals surface area (Å²) in [4.78, 5) is 14.7. The summed E-state index contributed by atoms with van der Waals surface area (Å²) in [7, 11) is 0. The van der Waals surface area contributed by atoms with E-state index in [-0.39, 0.29) is 5.69 Å². The van der Waals surface area contributed by atoms with E-state index in [1.54, 1.807) is 12.1 Å². The Morgan fingerprint density at radius 2 is 1.67 bits per heavy atom. The molecule has 0 aliphatic carbocycles. The zero-order valence-corrected chi connectivity index (χ0v) is 12.9. The number of non-ortho nitro benzene ring substituents is 1. The van der Waals surface area contributed by atoms with Crippen LogP contribution in [0.25, 0.3) is 22.7 Å². The van der Waals surface area contributed by atoms with Gasteiger partial charge in [-0.3, -0.25) is 10.1 Å². The van der Waals surface area contributed by atoms with Crippen molar-refractivity contribution >= 4 is 28.3 Å². The molecule has 5 nitrogen and oxygen atoms in total. The smallest absolute Gasteiger partial charge is 0.269 e. The SMILES string of the molecule is O=[N+]([O-])c1ccc(-c2nc(-c3ccccc3)oc2I)cc1.